The molecular weight excluding hydrogens is 315 g/mol. The second-order valence-electron chi connectivity index (χ2n) is 4.89. The summed E-state index contributed by atoms with van der Waals surface area (Å²) in [4.78, 5) is 16.2. The van der Waals surface area contributed by atoms with Gasteiger partial charge in [-0.15, -0.1) is 0 Å². The van der Waals surface area contributed by atoms with Gasteiger partial charge in [0.05, 0.1) is 0 Å². The van der Waals surface area contributed by atoms with Crippen LogP contribution in [0.3, 0.4) is 0 Å². The highest BCUT2D eigenvalue weighted by Crippen LogP contribution is 2.19. The molecule has 24 heavy (non-hydrogen) atoms. The number of benzene rings is 1. The minimum atomic E-state index is -0.702. The van der Waals surface area contributed by atoms with Crippen LogP contribution in [0.2, 0.25) is 0 Å². The molecule has 1 atom stereocenters. The average molecular weight is 334 g/mol. The summed E-state index contributed by atoms with van der Waals surface area (Å²) >= 11 is 0. The topological polar surface area (TPSA) is 69.7 Å². The molecule has 0 bridgehead atoms. The standard InChI is InChI=1S/C17H19FN2O4/c1-22-17(23-2)16(12-6-5-9-19-10-12)20-15(21)11-24-14-8-4-3-7-13(14)18/h3-10,16-17H,11H2,1-2H3,(H,20,21). The van der Waals surface area contributed by atoms with Crippen molar-refractivity contribution in [1.29, 1.82) is 0 Å². The Kier molecular flexibility index (Phi) is 6.65. The molecule has 6 nitrogen and oxygen atoms in total. The van der Waals surface area contributed by atoms with Crippen LogP contribution in [0.1, 0.15) is 11.6 Å². The van der Waals surface area contributed by atoms with Crippen LogP contribution >= 0.6 is 0 Å². The normalized spacial score (nSPS) is 12.0. The van der Waals surface area contributed by atoms with Gasteiger partial charge in [-0.2, -0.15) is 0 Å². The summed E-state index contributed by atoms with van der Waals surface area (Å²) in [5, 5.41) is 2.75. The van der Waals surface area contributed by atoms with Crippen LogP contribution in [-0.4, -0.2) is 38.0 Å². The van der Waals surface area contributed by atoms with Gasteiger partial charge in [0.25, 0.3) is 5.91 Å². The van der Waals surface area contributed by atoms with Crippen LogP contribution in [0.4, 0.5) is 4.39 Å². The first-order chi connectivity index (χ1) is 11.7. The Labute approximate surface area is 139 Å². The number of rotatable bonds is 8. The van der Waals surface area contributed by atoms with E-state index in [2.05, 4.69) is 10.3 Å². The lowest BCUT2D eigenvalue weighted by Crippen LogP contribution is -2.40. The number of nitrogens with zero attached hydrogens (tertiary/aromatic N) is 1. The summed E-state index contributed by atoms with van der Waals surface area (Å²) < 4.78 is 29.2. The predicted molar refractivity (Wildman–Crippen MR) is 84.8 cm³/mol. The number of ether oxygens (including phenoxy) is 3. The molecule has 7 heteroatoms. The first-order valence-electron chi connectivity index (χ1n) is 7.28. The van der Waals surface area contributed by atoms with Gasteiger partial charge in [0.1, 0.15) is 6.04 Å². The molecule has 0 aliphatic heterocycles. The number of amides is 1. The first kappa shape index (κ1) is 17.8. The van der Waals surface area contributed by atoms with Crippen molar-refractivity contribution in [2.45, 2.75) is 12.3 Å². The molecule has 0 aliphatic rings. The van der Waals surface area contributed by atoms with Crippen molar-refractivity contribution < 1.29 is 23.4 Å². The van der Waals surface area contributed by atoms with Gasteiger partial charge in [0, 0.05) is 26.6 Å². The summed E-state index contributed by atoms with van der Waals surface area (Å²) in [6, 6.07) is 8.84. The number of hydrogen-bond donors (Lipinski definition) is 1. The van der Waals surface area contributed by atoms with E-state index in [-0.39, 0.29) is 12.4 Å². The molecule has 0 spiro atoms. The Morgan fingerprint density at radius 3 is 2.58 bits per heavy atom. The lowest BCUT2D eigenvalue weighted by Gasteiger charge is -2.25. The van der Waals surface area contributed by atoms with E-state index in [1.54, 1.807) is 36.7 Å². The average Bonchev–Trinajstić information content (AvgIpc) is 2.62. The maximum absolute atomic E-state index is 13.5. The fourth-order valence-corrected chi connectivity index (χ4v) is 2.16. The van der Waals surface area contributed by atoms with Gasteiger partial charge in [-0.3, -0.25) is 9.78 Å². The van der Waals surface area contributed by atoms with E-state index in [1.807, 2.05) is 0 Å². The van der Waals surface area contributed by atoms with Crippen molar-refractivity contribution in [2.24, 2.45) is 0 Å². The molecule has 2 rings (SSSR count). The van der Waals surface area contributed by atoms with Crippen molar-refractivity contribution in [3.8, 4) is 5.75 Å². The first-order valence-corrected chi connectivity index (χ1v) is 7.28. The molecule has 0 fully saturated rings. The molecule has 1 amide bonds. The van der Waals surface area contributed by atoms with E-state index in [0.717, 1.165) is 0 Å². The Morgan fingerprint density at radius 1 is 1.21 bits per heavy atom. The van der Waals surface area contributed by atoms with E-state index >= 15 is 0 Å². The number of para-hydroxylation sites is 1. The van der Waals surface area contributed by atoms with Crippen LogP contribution in [0, 0.1) is 5.82 Å². The summed E-state index contributed by atoms with van der Waals surface area (Å²) in [7, 11) is 2.94. The molecule has 1 N–H and O–H groups in total. The Bertz CT molecular complexity index is 650. The van der Waals surface area contributed by atoms with Crippen LogP contribution in [0.15, 0.2) is 48.8 Å². The lowest BCUT2D eigenvalue weighted by atomic mass is 10.1. The van der Waals surface area contributed by atoms with Gasteiger partial charge < -0.3 is 19.5 Å². The number of methoxy groups -OCH3 is 2. The molecule has 0 aliphatic carbocycles. The molecule has 1 aromatic carbocycles. The Balaban J connectivity index is 2.03. The monoisotopic (exact) mass is 334 g/mol. The third-order valence-electron chi connectivity index (χ3n) is 3.29. The van der Waals surface area contributed by atoms with Gasteiger partial charge in [0.2, 0.25) is 0 Å². The van der Waals surface area contributed by atoms with Gasteiger partial charge in [-0.1, -0.05) is 18.2 Å². The highest BCUT2D eigenvalue weighted by Gasteiger charge is 2.25. The number of carbonyl (C=O) groups is 1. The van der Waals surface area contributed by atoms with Crippen LogP contribution in [-0.2, 0) is 14.3 Å². The number of halogens is 1. The third kappa shape index (κ3) is 4.74. The number of hydrogen-bond acceptors (Lipinski definition) is 5. The molecule has 1 heterocycles. The zero-order valence-corrected chi connectivity index (χ0v) is 13.4. The van der Waals surface area contributed by atoms with Crippen molar-refractivity contribution in [3.63, 3.8) is 0 Å². The molecule has 0 saturated heterocycles. The Morgan fingerprint density at radius 2 is 1.96 bits per heavy atom. The van der Waals surface area contributed by atoms with Crippen molar-refractivity contribution in [3.05, 3.63) is 60.2 Å². The highest BCUT2D eigenvalue weighted by molar-refractivity contribution is 5.78. The molecule has 128 valence electrons. The summed E-state index contributed by atoms with van der Waals surface area (Å²) in [5.74, 6) is -0.951. The number of pyridine rings is 1. The van der Waals surface area contributed by atoms with Crippen LogP contribution < -0.4 is 10.1 Å². The lowest BCUT2D eigenvalue weighted by molar-refractivity contribution is -0.139. The number of nitrogens with one attached hydrogen (secondary N) is 1. The van der Waals surface area contributed by atoms with Crippen LogP contribution in [0.25, 0.3) is 0 Å². The maximum Gasteiger partial charge on any atom is 0.258 e. The second kappa shape index (κ2) is 8.95. The summed E-state index contributed by atoms with van der Waals surface area (Å²) in [6.45, 7) is -0.335. The van der Waals surface area contributed by atoms with Gasteiger partial charge >= 0.3 is 0 Å². The zero-order chi connectivity index (χ0) is 17.4. The zero-order valence-electron chi connectivity index (χ0n) is 13.4. The van der Waals surface area contributed by atoms with Crippen molar-refractivity contribution in [1.82, 2.24) is 10.3 Å². The van der Waals surface area contributed by atoms with E-state index in [9.17, 15) is 9.18 Å². The fourth-order valence-electron chi connectivity index (χ4n) is 2.16. The van der Waals surface area contributed by atoms with Crippen molar-refractivity contribution in [2.75, 3.05) is 20.8 Å². The van der Waals surface area contributed by atoms with E-state index < -0.39 is 24.1 Å². The quantitative estimate of drug-likeness (QED) is 0.749. The molecule has 1 unspecified atom stereocenters. The SMILES string of the molecule is COC(OC)C(NC(=O)COc1ccccc1F)c1cccnc1. The van der Waals surface area contributed by atoms with Gasteiger partial charge in [-0.25, -0.2) is 4.39 Å². The number of aromatic nitrogens is 1. The maximum atomic E-state index is 13.5. The predicted octanol–water partition coefficient (Wildman–Crippen LogP) is 2.08. The highest BCUT2D eigenvalue weighted by atomic mass is 19.1. The van der Waals surface area contributed by atoms with E-state index in [0.29, 0.717) is 5.56 Å². The largest absolute Gasteiger partial charge is 0.481 e. The third-order valence-corrected chi connectivity index (χ3v) is 3.29. The van der Waals surface area contributed by atoms with Gasteiger partial charge in [0.15, 0.2) is 24.5 Å². The Hall–Kier alpha value is -2.51. The second-order valence-corrected chi connectivity index (χ2v) is 4.89. The molecule has 0 saturated carbocycles. The minimum absolute atomic E-state index is 0.0145. The fraction of sp³-hybridized carbons (Fsp3) is 0.294. The van der Waals surface area contributed by atoms with Gasteiger partial charge in [-0.05, 0) is 23.8 Å². The molecule has 2 aromatic rings. The summed E-state index contributed by atoms with van der Waals surface area (Å²) in [5.41, 5.74) is 0.713. The van der Waals surface area contributed by atoms with Crippen molar-refractivity contribution >= 4 is 5.91 Å². The van der Waals surface area contributed by atoms with E-state index in [1.165, 1.54) is 26.4 Å². The smallest absolute Gasteiger partial charge is 0.258 e. The minimum Gasteiger partial charge on any atom is -0.481 e. The summed E-state index contributed by atoms with van der Waals surface area (Å²) in [6.07, 6.45) is 2.53. The molecular formula is C17H19FN2O4. The van der Waals surface area contributed by atoms with E-state index in [4.69, 9.17) is 14.2 Å². The molecule has 1 aromatic heterocycles. The molecule has 0 radical (unpaired) electrons. The van der Waals surface area contributed by atoms with Crippen LogP contribution in [0.5, 0.6) is 5.75 Å². The number of carbonyl (C=O) groups excluding carboxylic acids is 1.